The average molecular weight is 403 g/mol. The Kier molecular flexibility index (Phi) is 4.26. The van der Waals surface area contributed by atoms with Gasteiger partial charge in [-0.25, -0.2) is 0 Å². The molecule has 1 aliphatic heterocycles. The number of hydrogen-bond acceptors (Lipinski definition) is 0. The zero-order valence-corrected chi connectivity index (χ0v) is 20.4. The molecule has 0 atom stereocenters. The van der Waals surface area contributed by atoms with E-state index >= 15 is 0 Å². The predicted octanol–water partition coefficient (Wildman–Crippen LogP) is 2.47. The van der Waals surface area contributed by atoms with Crippen LogP contribution in [0, 0.1) is 0 Å². The van der Waals surface area contributed by atoms with Crippen molar-refractivity contribution in [1.29, 1.82) is 0 Å². The van der Waals surface area contributed by atoms with E-state index in [1.165, 1.54) is 0 Å². The Labute approximate surface area is 167 Å². The average Bonchev–Trinajstić information content (AvgIpc) is 2.68. The summed E-state index contributed by atoms with van der Waals surface area (Å²) in [7, 11) is -5.38. The lowest BCUT2D eigenvalue weighted by Gasteiger charge is -2.33. The predicted molar refractivity (Wildman–Crippen MR) is 130 cm³/mol. The van der Waals surface area contributed by atoms with Crippen molar-refractivity contribution in [2.75, 3.05) is 0 Å². The number of benzene rings is 3. The molecule has 1 aliphatic rings. The Morgan fingerprint density at radius 3 is 0.630 bits per heavy atom. The number of rotatable bonds is 0. The largest absolute Gasteiger partial charge is 0.111 e. The Hall–Kier alpha value is -1.69. The molecule has 0 bridgehead atoms. The van der Waals surface area contributed by atoms with Crippen LogP contribution < -0.4 is 31.1 Å². The van der Waals surface area contributed by atoms with Gasteiger partial charge in [0.25, 0.3) is 0 Å². The topological polar surface area (TPSA) is 0 Å². The second-order valence-electron chi connectivity index (χ2n) is 9.51. The Balaban J connectivity index is 2.23. The smallest absolute Gasteiger partial charge is 0.0627 e. The van der Waals surface area contributed by atoms with Gasteiger partial charge in [0.15, 0.2) is 0 Å². The first kappa shape index (κ1) is 18.7. The van der Waals surface area contributed by atoms with Crippen LogP contribution in [0.25, 0.3) is 0 Å². The molecule has 3 aromatic carbocycles. The highest BCUT2D eigenvalue weighted by atomic mass is 28.3. The van der Waals surface area contributed by atoms with Crippen molar-refractivity contribution in [1.82, 2.24) is 0 Å². The van der Waals surface area contributed by atoms with Crippen molar-refractivity contribution in [3.8, 4) is 0 Å². The second-order valence-corrected chi connectivity index (χ2v) is 22.5. The number of fused-ring (bicyclic) bond motifs is 3. The molecule has 4 rings (SSSR count). The molecule has 27 heavy (non-hydrogen) atoms. The van der Waals surface area contributed by atoms with E-state index in [2.05, 4.69) is 112 Å². The van der Waals surface area contributed by atoms with Crippen LogP contribution in [0.15, 0.2) is 72.8 Å². The van der Waals surface area contributed by atoms with Gasteiger partial charge in [-0.15, -0.1) is 0 Å². The van der Waals surface area contributed by atoms with Crippen LogP contribution in [0.5, 0.6) is 0 Å². The fraction of sp³-hybridized carbons (Fsp3) is 0.250. The summed E-state index contributed by atoms with van der Waals surface area (Å²) in [5.74, 6) is 0. The van der Waals surface area contributed by atoms with Gasteiger partial charge in [0, 0.05) is 0 Å². The normalized spacial score (nSPS) is 18.9. The third-order valence-electron chi connectivity index (χ3n) is 6.82. The van der Waals surface area contributed by atoms with Crippen molar-refractivity contribution in [3.05, 3.63) is 72.8 Å². The summed E-state index contributed by atoms with van der Waals surface area (Å²) in [4.78, 5) is 0. The summed E-state index contributed by atoms with van der Waals surface area (Å²) >= 11 is 0. The third kappa shape index (κ3) is 2.67. The maximum atomic E-state index is 2.57. The molecule has 0 saturated heterocycles. The van der Waals surface area contributed by atoms with Gasteiger partial charge in [-0.2, -0.15) is 0 Å². The minimum atomic E-state index is -1.79. The van der Waals surface area contributed by atoms with E-state index in [0.717, 1.165) is 0 Å². The van der Waals surface area contributed by atoms with E-state index in [-0.39, 0.29) is 0 Å². The SMILES string of the molecule is C[Si]1(C)c2ccccc2[Si](C)(C)c2ccccc2[Si](C)(C)c2ccccc21. The van der Waals surface area contributed by atoms with Crippen LogP contribution in [-0.2, 0) is 0 Å². The standard InChI is InChI=1S/C24H30Si3/c1-25(2)19-13-7-9-15-21(19)26(3,4)23-17-11-12-18-24(23)27(5,6)22-16-10-8-14-20(22)25/h7-18H,1-6H3. The summed E-state index contributed by atoms with van der Waals surface area (Å²) in [6, 6.07) is 28.2. The zero-order valence-electron chi connectivity index (χ0n) is 17.4. The van der Waals surface area contributed by atoms with Gasteiger partial charge < -0.3 is 0 Å². The van der Waals surface area contributed by atoms with Crippen molar-refractivity contribution >= 4 is 55.3 Å². The maximum Gasteiger partial charge on any atom is 0.111 e. The number of hydrogen-bond donors (Lipinski definition) is 0. The highest BCUT2D eigenvalue weighted by molar-refractivity contribution is 7.16. The fourth-order valence-electron chi connectivity index (χ4n) is 5.15. The van der Waals surface area contributed by atoms with Crippen molar-refractivity contribution in [2.45, 2.75) is 39.3 Å². The maximum absolute atomic E-state index is 2.57. The van der Waals surface area contributed by atoms with E-state index < -0.39 is 24.2 Å². The van der Waals surface area contributed by atoms with Crippen LogP contribution in [0.4, 0.5) is 0 Å². The van der Waals surface area contributed by atoms with Crippen molar-refractivity contribution in [3.63, 3.8) is 0 Å². The molecule has 0 aromatic heterocycles. The molecule has 0 aliphatic carbocycles. The lowest BCUT2D eigenvalue weighted by Crippen LogP contribution is -2.68. The van der Waals surface area contributed by atoms with Crippen molar-refractivity contribution < 1.29 is 0 Å². The van der Waals surface area contributed by atoms with Gasteiger partial charge in [-0.05, 0) is 0 Å². The van der Waals surface area contributed by atoms with Crippen LogP contribution in [0.1, 0.15) is 0 Å². The summed E-state index contributed by atoms with van der Waals surface area (Å²) in [6.07, 6.45) is 0. The van der Waals surface area contributed by atoms with E-state index in [9.17, 15) is 0 Å². The van der Waals surface area contributed by atoms with E-state index in [1.807, 2.05) is 0 Å². The van der Waals surface area contributed by atoms with Crippen LogP contribution in [0.3, 0.4) is 0 Å². The van der Waals surface area contributed by atoms with Gasteiger partial charge in [0.2, 0.25) is 0 Å². The monoisotopic (exact) mass is 402 g/mol. The quantitative estimate of drug-likeness (QED) is 0.507. The lowest BCUT2D eigenvalue weighted by atomic mass is 10.3. The van der Waals surface area contributed by atoms with Gasteiger partial charge in [-0.3, -0.25) is 0 Å². The van der Waals surface area contributed by atoms with Gasteiger partial charge in [0.05, 0.1) is 0 Å². The minimum Gasteiger partial charge on any atom is -0.0627 e. The molecule has 0 amide bonds. The van der Waals surface area contributed by atoms with Crippen LogP contribution >= 0.6 is 0 Å². The van der Waals surface area contributed by atoms with Crippen LogP contribution in [0.2, 0.25) is 39.3 Å². The van der Waals surface area contributed by atoms with Gasteiger partial charge >= 0.3 is 0 Å². The van der Waals surface area contributed by atoms with E-state index in [4.69, 9.17) is 0 Å². The summed E-state index contributed by atoms with van der Waals surface area (Å²) < 4.78 is 0. The molecule has 0 unspecified atom stereocenters. The molecule has 0 spiro atoms. The zero-order chi connectivity index (χ0) is 19.4. The highest BCUT2D eigenvalue weighted by Crippen LogP contribution is 2.14. The Bertz CT molecular complexity index is 808. The van der Waals surface area contributed by atoms with E-state index in [1.54, 1.807) is 31.1 Å². The first-order valence-electron chi connectivity index (χ1n) is 9.98. The third-order valence-corrected chi connectivity index (χ3v) is 18.3. The molecular weight excluding hydrogens is 373 g/mol. The molecule has 0 nitrogen and oxygen atoms in total. The molecule has 0 radical (unpaired) electrons. The molecule has 3 heteroatoms. The molecule has 0 saturated carbocycles. The fourth-order valence-corrected chi connectivity index (χ4v) is 19.3. The molecule has 1 heterocycles. The second kappa shape index (κ2) is 6.16. The molecule has 0 N–H and O–H groups in total. The Morgan fingerprint density at radius 1 is 0.333 bits per heavy atom. The molecule has 138 valence electrons. The molecular formula is C24H30Si3. The van der Waals surface area contributed by atoms with Gasteiger partial charge in [-0.1, -0.05) is 143 Å². The molecule has 3 aromatic rings. The van der Waals surface area contributed by atoms with Crippen LogP contribution in [-0.4, -0.2) is 24.2 Å². The lowest BCUT2D eigenvalue weighted by molar-refractivity contribution is 1.68. The summed E-state index contributed by atoms with van der Waals surface area (Å²) in [6.45, 7) is 15.4. The first-order chi connectivity index (χ1) is 12.7. The first-order valence-corrected chi connectivity index (χ1v) is 19.0. The van der Waals surface area contributed by atoms with Crippen molar-refractivity contribution in [2.24, 2.45) is 0 Å². The molecule has 0 fully saturated rings. The minimum absolute atomic E-state index is 1.65. The summed E-state index contributed by atoms with van der Waals surface area (Å²) in [5, 5.41) is 9.89. The Morgan fingerprint density at radius 2 is 0.481 bits per heavy atom. The van der Waals surface area contributed by atoms with Gasteiger partial charge in [0.1, 0.15) is 24.2 Å². The summed E-state index contributed by atoms with van der Waals surface area (Å²) in [5.41, 5.74) is 0. The highest BCUT2D eigenvalue weighted by Gasteiger charge is 2.43. The van der Waals surface area contributed by atoms with E-state index in [0.29, 0.717) is 0 Å².